The van der Waals surface area contributed by atoms with Crippen LogP contribution >= 0.6 is 23.1 Å². The highest BCUT2D eigenvalue weighted by atomic mass is 32.2. The summed E-state index contributed by atoms with van der Waals surface area (Å²) in [7, 11) is 0. The van der Waals surface area contributed by atoms with Gasteiger partial charge in [0.2, 0.25) is 5.91 Å². The number of hydrogen-bond donors (Lipinski definition) is 3. The molecule has 1 unspecified atom stereocenters. The molecule has 4 aromatic carbocycles. The molecule has 3 N–H and O–H groups in total. The van der Waals surface area contributed by atoms with Crippen LogP contribution in [0.1, 0.15) is 29.8 Å². The van der Waals surface area contributed by atoms with Crippen molar-refractivity contribution in [3.8, 4) is 17.0 Å². The molecule has 0 aliphatic rings. The van der Waals surface area contributed by atoms with Gasteiger partial charge < -0.3 is 20.7 Å². The maximum Gasteiger partial charge on any atom is 0.276 e. The first-order valence-corrected chi connectivity index (χ1v) is 16.9. The molecule has 3 amide bonds. The summed E-state index contributed by atoms with van der Waals surface area (Å²) in [4.78, 5) is 55.9. The van der Waals surface area contributed by atoms with Gasteiger partial charge in [0, 0.05) is 33.2 Å². The molecule has 248 valence electrons. The van der Waals surface area contributed by atoms with Crippen LogP contribution in [-0.4, -0.2) is 39.5 Å². The van der Waals surface area contributed by atoms with E-state index in [4.69, 9.17) is 4.74 Å². The van der Waals surface area contributed by atoms with Crippen LogP contribution in [0.15, 0.2) is 119 Å². The zero-order valence-corrected chi connectivity index (χ0v) is 28.0. The van der Waals surface area contributed by atoms with Crippen molar-refractivity contribution in [3.05, 3.63) is 135 Å². The number of thioether (sulfide) groups is 1. The molecule has 0 saturated heterocycles. The van der Waals surface area contributed by atoms with Crippen molar-refractivity contribution in [2.45, 2.75) is 24.0 Å². The van der Waals surface area contributed by atoms with Crippen LogP contribution < -0.4 is 20.7 Å². The van der Waals surface area contributed by atoms with E-state index in [1.54, 1.807) is 67.6 Å². The summed E-state index contributed by atoms with van der Waals surface area (Å²) in [6.45, 7) is 4.27. The molecular formula is C36H31N5O6S2. The summed E-state index contributed by atoms with van der Waals surface area (Å²) in [5.74, 6) is -0.723. The van der Waals surface area contributed by atoms with E-state index in [0.29, 0.717) is 27.9 Å². The van der Waals surface area contributed by atoms with E-state index in [0.717, 1.165) is 17.0 Å². The highest BCUT2D eigenvalue weighted by Gasteiger charge is 2.20. The van der Waals surface area contributed by atoms with E-state index in [-0.39, 0.29) is 22.9 Å². The van der Waals surface area contributed by atoms with Crippen LogP contribution in [0.25, 0.3) is 17.3 Å². The monoisotopic (exact) mass is 693 g/mol. The molecule has 0 aliphatic heterocycles. The molecular weight excluding hydrogens is 663 g/mol. The maximum atomic E-state index is 13.5. The van der Waals surface area contributed by atoms with E-state index >= 15 is 0 Å². The first-order valence-electron chi connectivity index (χ1n) is 15.1. The number of carbonyl (C=O) groups is 3. The van der Waals surface area contributed by atoms with Gasteiger partial charge in [0.15, 0.2) is 5.13 Å². The largest absolute Gasteiger partial charge is 0.494 e. The van der Waals surface area contributed by atoms with E-state index < -0.39 is 22.0 Å². The third-order valence-corrected chi connectivity index (χ3v) is 8.78. The number of thiazole rings is 1. The number of benzene rings is 4. The third kappa shape index (κ3) is 9.40. The van der Waals surface area contributed by atoms with Crippen LogP contribution in [0.4, 0.5) is 16.5 Å². The van der Waals surface area contributed by atoms with Crippen molar-refractivity contribution >= 4 is 63.4 Å². The minimum absolute atomic E-state index is 0.141. The predicted molar refractivity (Wildman–Crippen MR) is 193 cm³/mol. The van der Waals surface area contributed by atoms with Crippen LogP contribution in [0.2, 0.25) is 0 Å². The quantitative estimate of drug-likeness (QED) is 0.0492. The first-order chi connectivity index (χ1) is 23.7. The third-order valence-electron chi connectivity index (χ3n) is 6.93. The summed E-state index contributed by atoms with van der Waals surface area (Å²) in [5.41, 5.74) is 2.06. The van der Waals surface area contributed by atoms with E-state index in [1.807, 2.05) is 36.6 Å². The van der Waals surface area contributed by atoms with Gasteiger partial charge in [-0.25, -0.2) is 4.98 Å². The van der Waals surface area contributed by atoms with Crippen molar-refractivity contribution in [2.75, 3.05) is 17.2 Å². The van der Waals surface area contributed by atoms with Crippen molar-refractivity contribution < 1.29 is 24.0 Å². The second kappa shape index (κ2) is 16.4. The second-order valence-corrected chi connectivity index (χ2v) is 12.7. The van der Waals surface area contributed by atoms with Crippen LogP contribution in [-0.2, 0) is 9.59 Å². The maximum absolute atomic E-state index is 13.5. The summed E-state index contributed by atoms with van der Waals surface area (Å²) >= 11 is 2.61. The van der Waals surface area contributed by atoms with Gasteiger partial charge in [-0.05, 0) is 80.6 Å². The number of para-hydroxylation sites is 1. The van der Waals surface area contributed by atoms with Crippen molar-refractivity contribution in [3.63, 3.8) is 0 Å². The predicted octanol–water partition coefficient (Wildman–Crippen LogP) is 7.65. The van der Waals surface area contributed by atoms with Crippen molar-refractivity contribution in [2.24, 2.45) is 0 Å². The zero-order chi connectivity index (χ0) is 34.8. The van der Waals surface area contributed by atoms with Crippen LogP contribution in [0.5, 0.6) is 5.75 Å². The van der Waals surface area contributed by atoms with Gasteiger partial charge in [-0.2, -0.15) is 0 Å². The molecule has 1 heterocycles. The number of nitrogens with zero attached hydrogens (tertiary/aromatic N) is 2. The lowest BCUT2D eigenvalue weighted by molar-refractivity contribution is -0.385. The molecule has 5 rings (SSSR count). The molecule has 49 heavy (non-hydrogen) atoms. The summed E-state index contributed by atoms with van der Waals surface area (Å²) < 4.78 is 5.49. The van der Waals surface area contributed by atoms with Crippen LogP contribution in [0, 0.1) is 10.1 Å². The average molecular weight is 694 g/mol. The lowest BCUT2D eigenvalue weighted by atomic mass is 10.1. The number of rotatable bonds is 13. The van der Waals surface area contributed by atoms with E-state index in [9.17, 15) is 24.5 Å². The van der Waals surface area contributed by atoms with Crippen molar-refractivity contribution in [1.29, 1.82) is 0 Å². The first kappa shape index (κ1) is 34.5. The lowest BCUT2D eigenvalue weighted by Crippen LogP contribution is -2.30. The average Bonchev–Trinajstić information content (AvgIpc) is 3.57. The Morgan fingerprint density at radius 1 is 0.959 bits per heavy atom. The highest BCUT2D eigenvalue weighted by molar-refractivity contribution is 8.00. The number of anilines is 2. The fourth-order valence-electron chi connectivity index (χ4n) is 4.54. The molecule has 0 aliphatic carbocycles. The number of amides is 3. The number of nitro groups is 1. The highest BCUT2D eigenvalue weighted by Crippen LogP contribution is 2.30. The number of aromatic nitrogens is 1. The van der Waals surface area contributed by atoms with Gasteiger partial charge in [-0.15, -0.1) is 23.1 Å². The Morgan fingerprint density at radius 2 is 1.69 bits per heavy atom. The van der Waals surface area contributed by atoms with Gasteiger partial charge in [-0.1, -0.05) is 36.4 Å². The number of nitrogens with one attached hydrogen (secondary N) is 3. The van der Waals surface area contributed by atoms with Gasteiger partial charge >= 0.3 is 0 Å². The fourth-order valence-corrected chi connectivity index (χ4v) is 6.19. The van der Waals surface area contributed by atoms with E-state index in [2.05, 4.69) is 20.9 Å². The van der Waals surface area contributed by atoms with Crippen LogP contribution in [0.3, 0.4) is 0 Å². The number of ether oxygens (including phenoxy) is 1. The Labute approximate surface area is 290 Å². The van der Waals surface area contributed by atoms with Gasteiger partial charge in [0.05, 0.1) is 28.0 Å². The Balaban J connectivity index is 1.26. The summed E-state index contributed by atoms with van der Waals surface area (Å²) in [6.07, 6.45) is 1.26. The molecule has 5 aromatic rings. The molecule has 0 saturated carbocycles. The molecule has 13 heteroatoms. The summed E-state index contributed by atoms with van der Waals surface area (Å²) in [5, 5.41) is 21.7. The van der Waals surface area contributed by atoms with Gasteiger partial charge in [-0.3, -0.25) is 24.5 Å². The molecule has 0 spiro atoms. The Morgan fingerprint density at radius 3 is 2.43 bits per heavy atom. The molecule has 0 bridgehead atoms. The smallest absolute Gasteiger partial charge is 0.276 e. The number of nitro benzene ring substituents is 1. The standard InChI is InChI=1S/C36H31N5O6S2/c1-3-47-28-18-16-24(17-19-28)31-22-48-36(39-31)40-33(42)23(2)49-29-14-9-13-27(21-29)37-35(44)30(38-34(43)25-10-5-4-6-11-25)20-26-12-7-8-15-32(26)41(45)46/h4-23H,3H2,1-2H3,(H,37,44)(H,38,43)(H,39,40,42)/b30-20+. The topological polar surface area (TPSA) is 153 Å². The Hall–Kier alpha value is -5.79. The molecule has 1 aromatic heterocycles. The minimum Gasteiger partial charge on any atom is -0.494 e. The second-order valence-electron chi connectivity index (χ2n) is 10.4. The van der Waals surface area contributed by atoms with Crippen molar-refractivity contribution in [1.82, 2.24) is 10.3 Å². The molecule has 0 radical (unpaired) electrons. The zero-order valence-electron chi connectivity index (χ0n) is 26.4. The Bertz CT molecular complexity index is 2000. The molecule has 11 nitrogen and oxygen atoms in total. The van der Waals surface area contributed by atoms with Gasteiger partial charge in [0.1, 0.15) is 11.4 Å². The number of hydrogen-bond acceptors (Lipinski definition) is 9. The molecule has 0 fully saturated rings. The van der Waals surface area contributed by atoms with E-state index in [1.165, 1.54) is 47.4 Å². The SMILES string of the molecule is CCOc1ccc(-c2csc(NC(=O)C(C)Sc3cccc(NC(=O)/C(=C\c4ccccc4[N+](=O)[O-])NC(=O)c4ccccc4)c3)n2)cc1. The molecule has 1 atom stereocenters. The normalized spacial score (nSPS) is 11.7. The van der Waals surface area contributed by atoms with Gasteiger partial charge in [0.25, 0.3) is 17.5 Å². The lowest BCUT2D eigenvalue weighted by Gasteiger charge is -2.13. The summed E-state index contributed by atoms with van der Waals surface area (Å²) in [6, 6.07) is 28.7. The Kier molecular flexibility index (Phi) is 11.5. The fraction of sp³-hybridized carbons (Fsp3) is 0.111. The minimum atomic E-state index is -0.692. The number of carbonyl (C=O) groups excluding carboxylic acids is 3.